The minimum absolute atomic E-state index is 0.450. The van der Waals surface area contributed by atoms with Crippen LogP contribution in [0, 0.1) is 27.6 Å². The fourth-order valence-corrected chi connectivity index (χ4v) is 1.64. The van der Waals surface area contributed by atoms with E-state index in [4.69, 9.17) is 0 Å². The molecule has 1 amide bonds. The molecule has 0 atom stereocenters. The first-order valence-corrected chi connectivity index (χ1v) is 5.59. The van der Waals surface area contributed by atoms with E-state index < -0.39 is 45.2 Å². The van der Waals surface area contributed by atoms with Crippen LogP contribution in [0.5, 0.6) is 0 Å². The lowest BCUT2D eigenvalue weighted by atomic mass is 10.1. The van der Waals surface area contributed by atoms with Crippen LogP contribution in [0.25, 0.3) is 0 Å². The summed E-state index contributed by atoms with van der Waals surface area (Å²) < 4.78 is 39.6. The number of benzene rings is 2. The number of carbonyl (C=O) groups is 1. The lowest BCUT2D eigenvalue weighted by Gasteiger charge is -2.07. The second-order valence-electron chi connectivity index (χ2n) is 3.97. The van der Waals surface area contributed by atoms with Crippen molar-refractivity contribution >= 4 is 17.3 Å². The molecule has 8 heteroatoms. The van der Waals surface area contributed by atoms with E-state index in [1.807, 2.05) is 5.32 Å². The van der Waals surface area contributed by atoms with Crippen molar-refractivity contribution in [1.29, 1.82) is 0 Å². The summed E-state index contributed by atoms with van der Waals surface area (Å²) in [7, 11) is 0. The Hall–Kier alpha value is -2.90. The highest BCUT2D eigenvalue weighted by Crippen LogP contribution is 2.26. The van der Waals surface area contributed by atoms with Crippen LogP contribution in [0.15, 0.2) is 36.4 Å². The molecule has 0 aromatic heterocycles. The van der Waals surface area contributed by atoms with Crippen LogP contribution in [0.2, 0.25) is 0 Å². The maximum absolute atomic E-state index is 13.4. The Bertz CT molecular complexity index is 735. The third-order valence-electron chi connectivity index (χ3n) is 2.60. The number of nitro groups is 1. The zero-order valence-electron chi connectivity index (χ0n) is 10.3. The smallest absolute Gasteiger partial charge is 0.292 e. The molecule has 5 nitrogen and oxygen atoms in total. The summed E-state index contributed by atoms with van der Waals surface area (Å²) in [5.41, 5.74) is -1.66. The van der Waals surface area contributed by atoms with Gasteiger partial charge >= 0.3 is 0 Å². The summed E-state index contributed by atoms with van der Waals surface area (Å²) >= 11 is 0. The highest BCUT2D eigenvalue weighted by molar-refractivity contribution is 6.05. The Morgan fingerprint density at radius 1 is 1.14 bits per heavy atom. The Kier molecular flexibility index (Phi) is 3.88. The lowest BCUT2D eigenvalue weighted by molar-refractivity contribution is -0.384. The highest BCUT2D eigenvalue weighted by atomic mass is 19.2. The van der Waals surface area contributed by atoms with E-state index in [0.29, 0.717) is 6.07 Å². The van der Waals surface area contributed by atoms with Gasteiger partial charge in [-0.25, -0.2) is 13.2 Å². The molecule has 0 fully saturated rings. The zero-order chi connectivity index (χ0) is 15.6. The quantitative estimate of drug-likeness (QED) is 0.698. The van der Waals surface area contributed by atoms with E-state index in [1.165, 1.54) is 0 Å². The molecule has 21 heavy (non-hydrogen) atoms. The summed E-state index contributed by atoms with van der Waals surface area (Å²) in [6.45, 7) is 0. The molecule has 0 aliphatic rings. The van der Waals surface area contributed by atoms with Crippen LogP contribution in [0.4, 0.5) is 24.5 Å². The number of hydrogen-bond donors (Lipinski definition) is 1. The van der Waals surface area contributed by atoms with Crippen LogP contribution in [-0.2, 0) is 0 Å². The number of nitro benzene ring substituents is 1. The molecule has 0 heterocycles. The number of rotatable bonds is 3. The predicted octanol–water partition coefficient (Wildman–Crippen LogP) is 3.26. The van der Waals surface area contributed by atoms with Crippen molar-refractivity contribution in [2.75, 3.05) is 5.32 Å². The molecular formula is C13H7F3N2O3. The molecule has 0 saturated heterocycles. The molecule has 2 aromatic rings. The second-order valence-corrected chi connectivity index (χ2v) is 3.97. The van der Waals surface area contributed by atoms with E-state index in [0.717, 1.165) is 30.3 Å². The molecule has 0 saturated carbocycles. The highest BCUT2D eigenvalue weighted by Gasteiger charge is 2.20. The van der Waals surface area contributed by atoms with Crippen molar-refractivity contribution in [3.05, 3.63) is 69.5 Å². The standard InChI is InChI=1S/C13H7F3N2O3/c14-7-4-5-11(18(20)21)10(6-7)17-13(19)8-2-1-3-9(15)12(8)16/h1-6H,(H,17,19). The first-order chi connectivity index (χ1) is 9.90. The van der Waals surface area contributed by atoms with E-state index in [2.05, 4.69) is 0 Å². The van der Waals surface area contributed by atoms with Crippen LogP contribution < -0.4 is 5.32 Å². The molecule has 0 spiro atoms. The summed E-state index contributed by atoms with van der Waals surface area (Å²) in [6, 6.07) is 5.33. The van der Waals surface area contributed by atoms with Gasteiger partial charge < -0.3 is 5.32 Å². The molecule has 0 unspecified atom stereocenters. The van der Waals surface area contributed by atoms with Crippen molar-refractivity contribution in [2.45, 2.75) is 0 Å². The van der Waals surface area contributed by atoms with Crippen LogP contribution in [0.1, 0.15) is 10.4 Å². The van der Waals surface area contributed by atoms with Crippen LogP contribution in [-0.4, -0.2) is 10.8 Å². The van der Waals surface area contributed by atoms with Gasteiger partial charge in [-0.05, 0) is 18.2 Å². The largest absolute Gasteiger partial charge is 0.316 e. The second kappa shape index (κ2) is 5.61. The van der Waals surface area contributed by atoms with Gasteiger partial charge in [-0.15, -0.1) is 0 Å². The maximum atomic E-state index is 13.4. The number of nitrogens with one attached hydrogen (secondary N) is 1. The Morgan fingerprint density at radius 2 is 1.86 bits per heavy atom. The molecule has 2 aromatic carbocycles. The van der Waals surface area contributed by atoms with Gasteiger partial charge in [0.15, 0.2) is 11.6 Å². The van der Waals surface area contributed by atoms with Crippen molar-refractivity contribution in [3.8, 4) is 0 Å². The molecule has 108 valence electrons. The van der Waals surface area contributed by atoms with E-state index in [-0.39, 0.29) is 0 Å². The number of halogens is 3. The number of nitrogens with zero attached hydrogens (tertiary/aromatic N) is 1. The summed E-state index contributed by atoms with van der Waals surface area (Å²) in [5.74, 6) is -4.58. The van der Waals surface area contributed by atoms with Gasteiger partial charge in [0.05, 0.1) is 10.5 Å². The van der Waals surface area contributed by atoms with Gasteiger partial charge in [-0.1, -0.05) is 6.07 Å². The first kappa shape index (κ1) is 14.5. The number of hydrogen-bond acceptors (Lipinski definition) is 3. The van der Waals surface area contributed by atoms with Crippen molar-refractivity contribution in [1.82, 2.24) is 0 Å². The molecule has 0 radical (unpaired) electrons. The number of anilines is 1. The Balaban J connectivity index is 2.38. The predicted molar refractivity (Wildman–Crippen MR) is 67.4 cm³/mol. The fraction of sp³-hybridized carbons (Fsp3) is 0. The molecule has 1 N–H and O–H groups in total. The molecule has 0 aliphatic heterocycles. The fourth-order valence-electron chi connectivity index (χ4n) is 1.64. The third kappa shape index (κ3) is 2.99. The van der Waals surface area contributed by atoms with Gasteiger partial charge in [0, 0.05) is 12.1 Å². The summed E-state index contributed by atoms with van der Waals surface area (Å²) in [6.07, 6.45) is 0. The lowest BCUT2D eigenvalue weighted by Crippen LogP contribution is -2.15. The Labute approximate surface area is 116 Å². The summed E-state index contributed by atoms with van der Waals surface area (Å²) in [5, 5.41) is 12.8. The van der Waals surface area contributed by atoms with Gasteiger partial charge in [-0.3, -0.25) is 14.9 Å². The zero-order valence-corrected chi connectivity index (χ0v) is 10.3. The Morgan fingerprint density at radius 3 is 2.52 bits per heavy atom. The SMILES string of the molecule is O=C(Nc1cc(F)ccc1[N+](=O)[O-])c1cccc(F)c1F. The van der Waals surface area contributed by atoms with Crippen molar-refractivity contribution < 1.29 is 22.9 Å². The van der Waals surface area contributed by atoms with E-state index >= 15 is 0 Å². The monoisotopic (exact) mass is 296 g/mol. The average Bonchev–Trinajstić information content (AvgIpc) is 2.41. The van der Waals surface area contributed by atoms with Crippen molar-refractivity contribution in [2.24, 2.45) is 0 Å². The maximum Gasteiger partial charge on any atom is 0.292 e. The topological polar surface area (TPSA) is 72.2 Å². The van der Waals surface area contributed by atoms with E-state index in [1.54, 1.807) is 0 Å². The third-order valence-corrected chi connectivity index (χ3v) is 2.60. The molecule has 0 bridgehead atoms. The minimum atomic E-state index is -1.39. The van der Waals surface area contributed by atoms with E-state index in [9.17, 15) is 28.1 Å². The summed E-state index contributed by atoms with van der Waals surface area (Å²) in [4.78, 5) is 21.7. The molecule has 0 aliphatic carbocycles. The van der Waals surface area contributed by atoms with Gasteiger partial charge in [0.2, 0.25) is 0 Å². The average molecular weight is 296 g/mol. The number of amides is 1. The molecule has 2 rings (SSSR count). The number of carbonyl (C=O) groups excluding carboxylic acids is 1. The first-order valence-electron chi connectivity index (χ1n) is 5.59. The van der Waals surface area contributed by atoms with Crippen LogP contribution in [0.3, 0.4) is 0 Å². The van der Waals surface area contributed by atoms with Crippen LogP contribution >= 0.6 is 0 Å². The van der Waals surface area contributed by atoms with Crippen molar-refractivity contribution in [3.63, 3.8) is 0 Å². The van der Waals surface area contributed by atoms with Gasteiger partial charge in [0.25, 0.3) is 11.6 Å². The minimum Gasteiger partial charge on any atom is -0.316 e. The molecular weight excluding hydrogens is 289 g/mol. The normalized spacial score (nSPS) is 10.2. The van der Waals surface area contributed by atoms with Gasteiger partial charge in [-0.2, -0.15) is 0 Å². The van der Waals surface area contributed by atoms with Gasteiger partial charge in [0.1, 0.15) is 11.5 Å².